The van der Waals surface area contributed by atoms with Crippen LogP contribution >= 0.6 is 0 Å². The van der Waals surface area contributed by atoms with E-state index in [0.717, 1.165) is 19.3 Å². The van der Waals surface area contributed by atoms with Crippen molar-refractivity contribution < 1.29 is 9.59 Å². The smallest absolute Gasteiger partial charge is 0.245 e. The van der Waals surface area contributed by atoms with Gasteiger partial charge in [0.1, 0.15) is 6.04 Å². The predicted octanol–water partition coefficient (Wildman–Crippen LogP) is 2.39. The molecule has 4 heteroatoms. The van der Waals surface area contributed by atoms with Gasteiger partial charge in [0.25, 0.3) is 0 Å². The van der Waals surface area contributed by atoms with E-state index in [1.807, 2.05) is 0 Å². The maximum atomic E-state index is 12.7. The second-order valence-corrected chi connectivity index (χ2v) is 6.71. The topological polar surface area (TPSA) is 49.4 Å². The van der Waals surface area contributed by atoms with Gasteiger partial charge >= 0.3 is 0 Å². The van der Waals surface area contributed by atoms with E-state index >= 15 is 0 Å². The second-order valence-electron chi connectivity index (χ2n) is 6.71. The van der Waals surface area contributed by atoms with E-state index in [2.05, 4.69) is 11.4 Å². The SMILES string of the molecule is O=C1CN(CCC2=CCCC2)C(=O)C(C2CCCCC2)N1. The van der Waals surface area contributed by atoms with Gasteiger partial charge in [0.05, 0.1) is 6.54 Å². The Morgan fingerprint density at radius 2 is 1.95 bits per heavy atom. The Bertz CT molecular complexity index is 438. The summed E-state index contributed by atoms with van der Waals surface area (Å²) in [5.41, 5.74) is 1.46. The maximum absolute atomic E-state index is 12.7. The lowest BCUT2D eigenvalue weighted by Gasteiger charge is -2.38. The molecule has 0 bridgehead atoms. The average Bonchev–Trinajstić information content (AvgIpc) is 3.02. The molecule has 1 atom stereocenters. The third kappa shape index (κ3) is 3.47. The highest BCUT2D eigenvalue weighted by molar-refractivity contribution is 5.95. The minimum absolute atomic E-state index is 0.0191. The van der Waals surface area contributed by atoms with Gasteiger partial charge < -0.3 is 10.2 Å². The van der Waals surface area contributed by atoms with Crippen molar-refractivity contribution in [2.45, 2.75) is 63.8 Å². The first-order chi connectivity index (χ1) is 10.2. The number of allylic oxidation sites excluding steroid dienone is 1. The van der Waals surface area contributed by atoms with Crippen LogP contribution in [-0.4, -0.2) is 35.8 Å². The summed E-state index contributed by atoms with van der Waals surface area (Å²) in [6, 6.07) is -0.260. The highest BCUT2D eigenvalue weighted by Gasteiger charge is 2.37. The normalized spacial score (nSPS) is 27.7. The Morgan fingerprint density at radius 1 is 1.14 bits per heavy atom. The van der Waals surface area contributed by atoms with Crippen molar-refractivity contribution in [3.05, 3.63) is 11.6 Å². The summed E-state index contributed by atoms with van der Waals surface area (Å²) in [6.07, 6.45) is 12.6. The number of piperazine rings is 1. The van der Waals surface area contributed by atoms with E-state index in [4.69, 9.17) is 0 Å². The Morgan fingerprint density at radius 3 is 2.67 bits per heavy atom. The molecule has 0 aromatic carbocycles. The summed E-state index contributed by atoms with van der Waals surface area (Å²) in [5, 5.41) is 2.95. The Hall–Kier alpha value is -1.32. The minimum atomic E-state index is -0.260. The molecule has 1 saturated heterocycles. The Labute approximate surface area is 127 Å². The molecule has 2 fully saturated rings. The van der Waals surface area contributed by atoms with Crippen LogP contribution in [0.1, 0.15) is 57.8 Å². The summed E-state index contributed by atoms with van der Waals surface area (Å²) in [4.78, 5) is 26.4. The van der Waals surface area contributed by atoms with Crippen molar-refractivity contribution in [2.75, 3.05) is 13.1 Å². The Kier molecular flexibility index (Phi) is 4.61. The first-order valence-electron chi connectivity index (χ1n) is 8.50. The van der Waals surface area contributed by atoms with Gasteiger partial charge in [-0.1, -0.05) is 30.9 Å². The monoisotopic (exact) mass is 290 g/mol. The van der Waals surface area contributed by atoms with E-state index in [-0.39, 0.29) is 24.4 Å². The molecule has 1 aliphatic heterocycles. The van der Waals surface area contributed by atoms with Crippen molar-refractivity contribution >= 4 is 11.8 Å². The number of nitrogens with zero attached hydrogens (tertiary/aromatic N) is 1. The number of hydrogen-bond donors (Lipinski definition) is 1. The fraction of sp³-hybridized carbons (Fsp3) is 0.765. The van der Waals surface area contributed by atoms with E-state index < -0.39 is 0 Å². The molecule has 3 aliphatic rings. The number of rotatable bonds is 4. The molecule has 1 saturated carbocycles. The molecule has 0 radical (unpaired) electrons. The molecule has 1 N–H and O–H groups in total. The van der Waals surface area contributed by atoms with Crippen LogP contribution in [0.25, 0.3) is 0 Å². The zero-order valence-electron chi connectivity index (χ0n) is 12.8. The van der Waals surface area contributed by atoms with E-state index in [1.165, 1.54) is 44.1 Å². The molecular weight excluding hydrogens is 264 g/mol. The van der Waals surface area contributed by atoms with Gasteiger partial charge in [0.2, 0.25) is 11.8 Å². The molecule has 21 heavy (non-hydrogen) atoms. The van der Waals surface area contributed by atoms with Gasteiger partial charge in [-0.2, -0.15) is 0 Å². The van der Waals surface area contributed by atoms with Crippen LogP contribution in [-0.2, 0) is 9.59 Å². The van der Waals surface area contributed by atoms with Crippen LogP contribution in [0.4, 0.5) is 0 Å². The zero-order chi connectivity index (χ0) is 14.7. The molecular formula is C17H26N2O2. The molecule has 2 aliphatic carbocycles. The lowest BCUT2D eigenvalue weighted by molar-refractivity contribution is -0.146. The largest absolute Gasteiger partial charge is 0.342 e. The van der Waals surface area contributed by atoms with Crippen molar-refractivity contribution in [2.24, 2.45) is 5.92 Å². The highest BCUT2D eigenvalue weighted by Crippen LogP contribution is 2.29. The molecule has 0 aromatic rings. The van der Waals surface area contributed by atoms with Gasteiger partial charge in [0.15, 0.2) is 0 Å². The first-order valence-corrected chi connectivity index (χ1v) is 8.50. The van der Waals surface area contributed by atoms with Crippen LogP contribution in [0.2, 0.25) is 0 Å². The third-order valence-electron chi connectivity index (χ3n) is 5.19. The van der Waals surface area contributed by atoms with Crippen LogP contribution in [0.5, 0.6) is 0 Å². The highest BCUT2D eigenvalue weighted by atomic mass is 16.2. The van der Waals surface area contributed by atoms with Gasteiger partial charge in [0, 0.05) is 6.54 Å². The molecule has 0 spiro atoms. The van der Waals surface area contributed by atoms with Crippen molar-refractivity contribution in [3.63, 3.8) is 0 Å². The molecule has 1 heterocycles. The number of carbonyl (C=O) groups is 2. The van der Waals surface area contributed by atoms with E-state index in [1.54, 1.807) is 4.90 Å². The third-order valence-corrected chi connectivity index (χ3v) is 5.19. The molecule has 1 unspecified atom stereocenters. The summed E-state index contributed by atoms with van der Waals surface area (Å²) in [5.74, 6) is 0.523. The average molecular weight is 290 g/mol. The van der Waals surface area contributed by atoms with E-state index in [9.17, 15) is 9.59 Å². The summed E-state index contributed by atoms with van der Waals surface area (Å²) >= 11 is 0. The number of carbonyl (C=O) groups excluding carboxylic acids is 2. The van der Waals surface area contributed by atoms with Gasteiger partial charge in [-0.05, 0) is 44.4 Å². The minimum Gasteiger partial charge on any atom is -0.342 e. The fourth-order valence-corrected chi connectivity index (χ4v) is 3.95. The molecule has 0 aromatic heterocycles. The van der Waals surface area contributed by atoms with Crippen molar-refractivity contribution in [3.8, 4) is 0 Å². The lowest BCUT2D eigenvalue weighted by atomic mass is 9.82. The lowest BCUT2D eigenvalue weighted by Crippen LogP contribution is -2.60. The summed E-state index contributed by atoms with van der Waals surface area (Å²) < 4.78 is 0. The van der Waals surface area contributed by atoms with Crippen LogP contribution in [0, 0.1) is 5.92 Å². The molecule has 116 valence electrons. The summed E-state index contributed by atoms with van der Waals surface area (Å²) in [6.45, 7) is 0.955. The zero-order valence-corrected chi connectivity index (χ0v) is 12.8. The van der Waals surface area contributed by atoms with Gasteiger partial charge in [-0.3, -0.25) is 9.59 Å². The van der Waals surface area contributed by atoms with Gasteiger partial charge in [-0.25, -0.2) is 0 Å². The quantitative estimate of drug-likeness (QED) is 0.808. The van der Waals surface area contributed by atoms with Crippen molar-refractivity contribution in [1.29, 1.82) is 0 Å². The number of amides is 2. The maximum Gasteiger partial charge on any atom is 0.245 e. The Balaban J connectivity index is 1.60. The predicted molar refractivity (Wildman–Crippen MR) is 81.6 cm³/mol. The standard InChI is InChI=1S/C17H26N2O2/c20-15-12-19(11-10-13-6-4-5-7-13)17(21)16(18-15)14-8-2-1-3-9-14/h6,14,16H,1-5,7-12H2,(H,18,20). The molecule has 4 nitrogen and oxygen atoms in total. The molecule has 2 amide bonds. The van der Waals surface area contributed by atoms with Crippen LogP contribution in [0.15, 0.2) is 11.6 Å². The number of hydrogen-bond acceptors (Lipinski definition) is 2. The van der Waals surface area contributed by atoms with Crippen molar-refractivity contribution in [1.82, 2.24) is 10.2 Å². The second kappa shape index (κ2) is 6.63. The van der Waals surface area contributed by atoms with Gasteiger partial charge in [-0.15, -0.1) is 0 Å². The molecule has 3 rings (SSSR count). The number of nitrogens with one attached hydrogen (secondary N) is 1. The summed E-state index contributed by atoms with van der Waals surface area (Å²) in [7, 11) is 0. The van der Waals surface area contributed by atoms with E-state index in [0.29, 0.717) is 12.5 Å². The first kappa shape index (κ1) is 14.6. The van der Waals surface area contributed by atoms with Crippen LogP contribution in [0.3, 0.4) is 0 Å². The van der Waals surface area contributed by atoms with Crippen LogP contribution < -0.4 is 5.32 Å². The fourth-order valence-electron chi connectivity index (χ4n) is 3.95.